The van der Waals surface area contributed by atoms with Gasteiger partial charge in [0, 0.05) is 5.56 Å². The van der Waals surface area contributed by atoms with Crippen LogP contribution in [0, 0.1) is 0 Å². The van der Waals surface area contributed by atoms with E-state index in [0.717, 1.165) is 10.7 Å². The Kier molecular flexibility index (Phi) is 4.22. The minimum atomic E-state index is -4.54. The number of halogens is 3. The van der Waals surface area contributed by atoms with Crippen LogP contribution in [0.5, 0.6) is 5.75 Å². The molecule has 0 amide bonds. The number of rotatable bonds is 4. The number of para-hydroxylation sites is 1. The van der Waals surface area contributed by atoms with Crippen LogP contribution in [-0.2, 0) is 6.18 Å². The highest BCUT2D eigenvalue weighted by Gasteiger charge is 2.37. The Morgan fingerprint density at radius 3 is 2.57 bits per heavy atom. The molecule has 0 aliphatic rings. The molecule has 2 rings (SSSR count). The third-order valence-corrected chi connectivity index (χ3v) is 3.09. The largest absolute Gasteiger partial charge is 0.496 e. The normalized spacial score (nSPS) is 13.2. The molecular weight excluding hydrogens is 285 g/mol. The molecule has 1 atom stereocenters. The Hall–Kier alpha value is -2.02. The van der Waals surface area contributed by atoms with Crippen LogP contribution in [-0.4, -0.2) is 28.6 Å². The lowest BCUT2D eigenvalue weighted by molar-refractivity contribution is -0.145. The zero-order valence-corrected chi connectivity index (χ0v) is 11.6. The lowest BCUT2D eigenvalue weighted by atomic mass is 10.1. The van der Waals surface area contributed by atoms with Gasteiger partial charge in [-0.3, -0.25) is 4.68 Å². The van der Waals surface area contributed by atoms with Crippen molar-refractivity contribution in [2.45, 2.75) is 19.1 Å². The van der Waals surface area contributed by atoms with Crippen LogP contribution >= 0.6 is 0 Å². The van der Waals surface area contributed by atoms with Crippen molar-refractivity contribution in [2.75, 3.05) is 13.7 Å². The smallest absolute Gasteiger partial charge is 0.433 e. The summed E-state index contributed by atoms with van der Waals surface area (Å²) in [4.78, 5) is 0. The van der Waals surface area contributed by atoms with Crippen molar-refractivity contribution in [3.05, 3.63) is 36.0 Å². The average Bonchev–Trinajstić information content (AvgIpc) is 2.91. The summed E-state index contributed by atoms with van der Waals surface area (Å²) in [7, 11) is 1.44. The number of aromatic nitrogens is 2. The summed E-state index contributed by atoms with van der Waals surface area (Å²) in [6, 6.07) is 6.89. The fourth-order valence-electron chi connectivity index (χ4n) is 2.01. The first kappa shape index (κ1) is 15.4. The topological polar surface area (TPSA) is 47.3 Å². The van der Waals surface area contributed by atoms with Crippen LogP contribution in [0.2, 0.25) is 0 Å². The third-order valence-electron chi connectivity index (χ3n) is 3.09. The number of alkyl halides is 3. The molecule has 0 bridgehead atoms. The van der Waals surface area contributed by atoms with Crippen LogP contribution in [0.25, 0.3) is 11.3 Å². The van der Waals surface area contributed by atoms with Gasteiger partial charge in [0.15, 0.2) is 0 Å². The van der Waals surface area contributed by atoms with Gasteiger partial charge in [-0.1, -0.05) is 12.1 Å². The van der Waals surface area contributed by atoms with Crippen molar-refractivity contribution in [1.29, 1.82) is 0 Å². The summed E-state index contributed by atoms with van der Waals surface area (Å²) in [5, 5.41) is 13.1. The van der Waals surface area contributed by atoms with Gasteiger partial charge in [-0.2, -0.15) is 18.3 Å². The van der Waals surface area contributed by atoms with Crippen molar-refractivity contribution in [2.24, 2.45) is 0 Å². The van der Waals surface area contributed by atoms with Gasteiger partial charge >= 0.3 is 6.18 Å². The molecule has 0 spiro atoms. The van der Waals surface area contributed by atoms with Crippen molar-refractivity contribution >= 4 is 0 Å². The maximum atomic E-state index is 13.1. The number of methoxy groups -OCH3 is 1. The van der Waals surface area contributed by atoms with E-state index in [9.17, 15) is 13.2 Å². The second kappa shape index (κ2) is 5.77. The first-order valence-corrected chi connectivity index (χ1v) is 6.29. The van der Waals surface area contributed by atoms with Crippen LogP contribution < -0.4 is 4.74 Å². The molecule has 2 aromatic rings. The zero-order valence-electron chi connectivity index (χ0n) is 11.6. The van der Waals surface area contributed by atoms with E-state index in [0.29, 0.717) is 11.3 Å². The highest BCUT2D eigenvalue weighted by Crippen LogP contribution is 2.36. The number of hydrogen-bond donors (Lipinski definition) is 1. The maximum absolute atomic E-state index is 13.1. The average molecular weight is 300 g/mol. The van der Waals surface area contributed by atoms with Gasteiger partial charge in [0.05, 0.1) is 25.5 Å². The molecule has 0 saturated carbocycles. The first-order chi connectivity index (χ1) is 9.88. The maximum Gasteiger partial charge on any atom is 0.433 e. The summed E-state index contributed by atoms with van der Waals surface area (Å²) in [5.74, 6) is 0.438. The van der Waals surface area contributed by atoms with E-state index in [-0.39, 0.29) is 5.69 Å². The number of hydrogen-bond acceptors (Lipinski definition) is 3. The van der Waals surface area contributed by atoms with Gasteiger partial charge in [0.2, 0.25) is 0 Å². The van der Waals surface area contributed by atoms with E-state index in [1.54, 1.807) is 24.3 Å². The summed E-state index contributed by atoms with van der Waals surface area (Å²) in [5.41, 5.74) is -0.278. The molecule has 4 nitrogen and oxygen atoms in total. The predicted molar refractivity (Wildman–Crippen MR) is 71.0 cm³/mol. The van der Waals surface area contributed by atoms with E-state index in [1.165, 1.54) is 14.0 Å². The van der Waals surface area contributed by atoms with E-state index < -0.39 is 24.5 Å². The molecule has 1 aromatic heterocycles. The van der Waals surface area contributed by atoms with Crippen LogP contribution in [0.3, 0.4) is 0 Å². The second-order valence-electron chi connectivity index (χ2n) is 4.59. The molecule has 0 aliphatic heterocycles. The number of nitrogens with zero attached hydrogens (tertiary/aromatic N) is 2. The molecule has 1 N–H and O–H groups in total. The predicted octanol–water partition coefficient (Wildman–Crippen LogP) is 3.13. The van der Waals surface area contributed by atoms with E-state index in [4.69, 9.17) is 9.84 Å². The SMILES string of the molecule is COc1ccccc1-c1cc(C(F)(F)F)n(C(C)CO)n1. The van der Waals surface area contributed by atoms with E-state index in [1.807, 2.05) is 0 Å². The van der Waals surface area contributed by atoms with Gasteiger partial charge < -0.3 is 9.84 Å². The molecule has 0 saturated heterocycles. The fraction of sp³-hybridized carbons (Fsp3) is 0.357. The number of aliphatic hydroxyl groups excluding tert-OH is 1. The summed E-state index contributed by atoms with van der Waals surface area (Å²) in [6.07, 6.45) is -4.54. The minimum absolute atomic E-state index is 0.153. The minimum Gasteiger partial charge on any atom is -0.496 e. The number of benzene rings is 1. The summed E-state index contributed by atoms with van der Waals surface area (Å²) in [6.45, 7) is 1.03. The highest BCUT2D eigenvalue weighted by atomic mass is 19.4. The molecular formula is C14H15F3N2O2. The van der Waals surface area contributed by atoms with Gasteiger partial charge in [-0.15, -0.1) is 0 Å². The lowest BCUT2D eigenvalue weighted by Crippen LogP contribution is -2.19. The van der Waals surface area contributed by atoms with E-state index in [2.05, 4.69) is 5.10 Å². The quantitative estimate of drug-likeness (QED) is 0.943. The molecule has 0 fully saturated rings. The van der Waals surface area contributed by atoms with Gasteiger partial charge in [-0.05, 0) is 25.1 Å². The van der Waals surface area contributed by atoms with Gasteiger partial charge in [-0.25, -0.2) is 0 Å². The molecule has 114 valence electrons. The Balaban J connectivity index is 2.59. The van der Waals surface area contributed by atoms with Gasteiger partial charge in [0.25, 0.3) is 0 Å². The molecule has 1 unspecified atom stereocenters. The van der Waals surface area contributed by atoms with Crippen molar-refractivity contribution in [3.8, 4) is 17.0 Å². The number of aliphatic hydroxyl groups is 1. The first-order valence-electron chi connectivity index (χ1n) is 6.29. The van der Waals surface area contributed by atoms with Crippen LogP contribution in [0.4, 0.5) is 13.2 Å². The van der Waals surface area contributed by atoms with Crippen molar-refractivity contribution < 1.29 is 23.0 Å². The molecule has 0 aliphatic carbocycles. The zero-order chi connectivity index (χ0) is 15.6. The number of ether oxygens (including phenoxy) is 1. The summed E-state index contributed by atoms with van der Waals surface area (Å²) >= 11 is 0. The van der Waals surface area contributed by atoms with Crippen molar-refractivity contribution in [1.82, 2.24) is 9.78 Å². The van der Waals surface area contributed by atoms with Gasteiger partial charge in [0.1, 0.15) is 11.4 Å². The highest BCUT2D eigenvalue weighted by molar-refractivity contribution is 5.67. The van der Waals surface area contributed by atoms with E-state index >= 15 is 0 Å². The second-order valence-corrected chi connectivity index (χ2v) is 4.59. The van der Waals surface area contributed by atoms with Crippen LogP contribution in [0.15, 0.2) is 30.3 Å². The summed E-state index contributed by atoms with van der Waals surface area (Å²) < 4.78 is 45.2. The Labute approximate surface area is 119 Å². The molecule has 7 heteroatoms. The molecule has 1 aromatic carbocycles. The Bertz CT molecular complexity index is 623. The van der Waals surface area contributed by atoms with Crippen molar-refractivity contribution in [3.63, 3.8) is 0 Å². The standard InChI is InChI=1S/C14H15F3N2O2/c1-9(8-20)19-13(14(15,16)17)7-11(18-19)10-5-3-4-6-12(10)21-2/h3-7,9,20H,8H2,1-2H3. The monoisotopic (exact) mass is 300 g/mol. The molecule has 21 heavy (non-hydrogen) atoms. The third kappa shape index (κ3) is 3.02. The van der Waals surface area contributed by atoms with Crippen LogP contribution in [0.1, 0.15) is 18.7 Å². The molecule has 1 heterocycles. The molecule has 0 radical (unpaired) electrons. The fourth-order valence-corrected chi connectivity index (χ4v) is 2.01. The Morgan fingerprint density at radius 2 is 2.00 bits per heavy atom. The lowest BCUT2D eigenvalue weighted by Gasteiger charge is -2.14. The Morgan fingerprint density at radius 1 is 1.33 bits per heavy atom.